The number of aryl methyl sites for hydroxylation is 1. The first-order chi connectivity index (χ1) is 13.0. The van der Waals surface area contributed by atoms with Gasteiger partial charge in [0.15, 0.2) is 0 Å². The number of carbonyl (C=O) groups is 2. The minimum Gasteiger partial charge on any atom is -0.351 e. The maximum atomic E-state index is 12.8. The Balaban J connectivity index is 1.57. The Labute approximate surface area is 156 Å². The number of aromatic amines is 1. The zero-order valence-electron chi connectivity index (χ0n) is 15.2. The van der Waals surface area contributed by atoms with Gasteiger partial charge in [-0.3, -0.25) is 14.7 Å². The fourth-order valence-corrected chi connectivity index (χ4v) is 3.68. The molecule has 2 amide bonds. The van der Waals surface area contributed by atoms with E-state index in [1.54, 1.807) is 6.07 Å². The third-order valence-corrected chi connectivity index (χ3v) is 4.94. The highest BCUT2D eigenvalue weighted by molar-refractivity contribution is 5.93. The van der Waals surface area contributed by atoms with Gasteiger partial charge < -0.3 is 15.2 Å². The number of hydrogen-bond acceptors (Lipinski definition) is 3. The van der Waals surface area contributed by atoms with Crippen molar-refractivity contribution >= 4 is 11.8 Å². The summed E-state index contributed by atoms with van der Waals surface area (Å²) in [6, 6.07) is 13.1. The van der Waals surface area contributed by atoms with E-state index in [9.17, 15) is 9.59 Å². The highest BCUT2D eigenvalue weighted by Crippen LogP contribution is 2.31. The second-order valence-corrected chi connectivity index (χ2v) is 6.83. The molecule has 0 saturated heterocycles. The number of rotatable bonds is 4. The lowest BCUT2D eigenvalue weighted by molar-refractivity contribution is -0.119. The van der Waals surface area contributed by atoms with Gasteiger partial charge in [0.2, 0.25) is 5.91 Å². The number of benzene rings is 1. The molecule has 7 nitrogen and oxygen atoms in total. The largest absolute Gasteiger partial charge is 0.351 e. The molecule has 3 N–H and O–H groups in total. The molecule has 1 aromatic carbocycles. The highest BCUT2D eigenvalue weighted by atomic mass is 16.2. The second kappa shape index (κ2) is 6.75. The van der Waals surface area contributed by atoms with Crippen LogP contribution in [-0.4, -0.2) is 32.6 Å². The predicted molar refractivity (Wildman–Crippen MR) is 101 cm³/mol. The maximum absolute atomic E-state index is 12.8. The third-order valence-electron chi connectivity index (χ3n) is 4.94. The van der Waals surface area contributed by atoms with Crippen molar-refractivity contribution in [2.24, 2.45) is 7.05 Å². The van der Waals surface area contributed by atoms with Crippen LogP contribution >= 0.6 is 0 Å². The number of fused-ring (bicyclic) bond motifs is 1. The molecule has 7 heteroatoms. The van der Waals surface area contributed by atoms with Crippen LogP contribution in [0.5, 0.6) is 0 Å². The average molecular weight is 363 g/mol. The summed E-state index contributed by atoms with van der Waals surface area (Å²) in [6.45, 7) is 1.49. The highest BCUT2D eigenvalue weighted by Gasteiger charge is 2.34. The number of aromatic nitrogens is 3. The summed E-state index contributed by atoms with van der Waals surface area (Å²) in [6.07, 6.45) is 2.62. The lowest BCUT2D eigenvalue weighted by Crippen LogP contribution is -2.43. The molecule has 27 heavy (non-hydrogen) atoms. The van der Waals surface area contributed by atoms with Crippen LogP contribution in [0.1, 0.15) is 34.6 Å². The molecular formula is C20H21N5O2. The van der Waals surface area contributed by atoms with E-state index in [1.807, 2.05) is 54.2 Å². The average Bonchev–Trinajstić information content (AvgIpc) is 3.34. The number of H-pyrrole nitrogens is 1. The molecule has 0 bridgehead atoms. The maximum Gasteiger partial charge on any atom is 0.269 e. The van der Waals surface area contributed by atoms with Gasteiger partial charge in [-0.05, 0) is 35.7 Å². The normalized spacial score (nSPS) is 18.1. The standard InChI is InChI=1S/C20H21N5O2/c1-12(26)21-16-10-13-6-3-4-7-14(13)19(16)22-20(27)17-11-15(23-24-17)18-8-5-9-25(18)2/h3-9,11,16,19H,10H2,1-2H3,(H,21,26)(H,22,27)(H,23,24)/t16-,19-/m1/s1. The van der Waals surface area contributed by atoms with E-state index in [0.717, 1.165) is 16.8 Å². The Morgan fingerprint density at radius 1 is 1.19 bits per heavy atom. The SMILES string of the molecule is CC(=O)N[C@@H]1Cc2ccccc2[C@H]1NC(=O)c1cc(-c2cccn2C)n[nH]1. The van der Waals surface area contributed by atoms with Crippen LogP contribution in [0.15, 0.2) is 48.7 Å². The number of nitrogens with one attached hydrogen (secondary N) is 3. The molecule has 0 unspecified atom stereocenters. The second-order valence-electron chi connectivity index (χ2n) is 6.83. The van der Waals surface area contributed by atoms with Crippen molar-refractivity contribution in [1.29, 1.82) is 0 Å². The number of carbonyl (C=O) groups excluding carboxylic acids is 2. The van der Waals surface area contributed by atoms with E-state index in [-0.39, 0.29) is 23.9 Å². The Kier molecular flexibility index (Phi) is 4.27. The summed E-state index contributed by atoms with van der Waals surface area (Å²) in [5.74, 6) is -0.361. The number of amides is 2. The van der Waals surface area contributed by atoms with Crippen molar-refractivity contribution in [2.75, 3.05) is 0 Å². The van der Waals surface area contributed by atoms with E-state index >= 15 is 0 Å². The first kappa shape index (κ1) is 17.1. The molecule has 0 fully saturated rings. The Hall–Kier alpha value is -3.35. The molecule has 3 aromatic rings. The predicted octanol–water partition coefficient (Wildman–Crippen LogP) is 1.95. The van der Waals surface area contributed by atoms with Gasteiger partial charge in [-0.1, -0.05) is 24.3 Å². The van der Waals surface area contributed by atoms with Crippen LogP contribution < -0.4 is 10.6 Å². The van der Waals surface area contributed by atoms with Crippen LogP contribution in [0.4, 0.5) is 0 Å². The zero-order chi connectivity index (χ0) is 19.0. The Morgan fingerprint density at radius 2 is 2.00 bits per heavy atom. The molecule has 0 spiro atoms. The summed E-state index contributed by atoms with van der Waals surface area (Å²) in [5, 5.41) is 13.1. The van der Waals surface area contributed by atoms with E-state index in [4.69, 9.17) is 0 Å². The molecular weight excluding hydrogens is 342 g/mol. The summed E-state index contributed by atoms with van der Waals surface area (Å²) in [4.78, 5) is 24.4. The summed E-state index contributed by atoms with van der Waals surface area (Å²) >= 11 is 0. The van der Waals surface area contributed by atoms with Crippen molar-refractivity contribution in [2.45, 2.75) is 25.4 Å². The van der Waals surface area contributed by atoms with Crippen LogP contribution in [0.25, 0.3) is 11.4 Å². The molecule has 2 heterocycles. The first-order valence-corrected chi connectivity index (χ1v) is 8.86. The van der Waals surface area contributed by atoms with Gasteiger partial charge in [0.1, 0.15) is 11.4 Å². The Morgan fingerprint density at radius 3 is 2.74 bits per heavy atom. The fraction of sp³-hybridized carbons (Fsp3) is 0.250. The smallest absolute Gasteiger partial charge is 0.269 e. The third kappa shape index (κ3) is 3.23. The van der Waals surface area contributed by atoms with Crippen molar-refractivity contribution in [3.63, 3.8) is 0 Å². The topological polar surface area (TPSA) is 91.8 Å². The lowest BCUT2D eigenvalue weighted by atomic mass is 10.1. The molecule has 0 radical (unpaired) electrons. The van der Waals surface area contributed by atoms with Gasteiger partial charge in [0.05, 0.1) is 17.8 Å². The van der Waals surface area contributed by atoms with Gasteiger partial charge in [-0.25, -0.2) is 0 Å². The van der Waals surface area contributed by atoms with Crippen molar-refractivity contribution in [3.8, 4) is 11.4 Å². The molecule has 1 aliphatic rings. The van der Waals surface area contributed by atoms with Crippen molar-refractivity contribution in [1.82, 2.24) is 25.4 Å². The molecule has 4 rings (SSSR count). The molecule has 138 valence electrons. The van der Waals surface area contributed by atoms with Gasteiger partial charge >= 0.3 is 0 Å². The lowest BCUT2D eigenvalue weighted by Gasteiger charge is -2.22. The van der Waals surface area contributed by atoms with E-state index in [2.05, 4.69) is 20.8 Å². The van der Waals surface area contributed by atoms with E-state index < -0.39 is 0 Å². The van der Waals surface area contributed by atoms with Crippen molar-refractivity contribution in [3.05, 3.63) is 65.5 Å². The minimum absolute atomic E-state index is 0.111. The van der Waals surface area contributed by atoms with Gasteiger partial charge in [-0.2, -0.15) is 5.10 Å². The fourth-order valence-electron chi connectivity index (χ4n) is 3.68. The molecule has 2 aromatic heterocycles. The van der Waals surface area contributed by atoms with Crippen LogP contribution in [0.3, 0.4) is 0 Å². The van der Waals surface area contributed by atoms with E-state index in [0.29, 0.717) is 17.8 Å². The van der Waals surface area contributed by atoms with Gasteiger partial charge in [0.25, 0.3) is 5.91 Å². The molecule has 1 aliphatic carbocycles. The molecule has 0 saturated carbocycles. The first-order valence-electron chi connectivity index (χ1n) is 8.86. The zero-order valence-corrected chi connectivity index (χ0v) is 15.2. The van der Waals surface area contributed by atoms with E-state index in [1.165, 1.54) is 6.92 Å². The number of hydrogen-bond donors (Lipinski definition) is 3. The molecule has 0 aliphatic heterocycles. The quantitative estimate of drug-likeness (QED) is 0.662. The number of nitrogens with zero attached hydrogens (tertiary/aromatic N) is 2. The summed E-state index contributed by atoms with van der Waals surface area (Å²) < 4.78 is 1.94. The van der Waals surface area contributed by atoms with Crippen LogP contribution in [-0.2, 0) is 18.3 Å². The summed E-state index contributed by atoms with van der Waals surface area (Å²) in [5.41, 5.74) is 4.19. The monoisotopic (exact) mass is 363 g/mol. The van der Waals surface area contributed by atoms with Gasteiger partial charge in [-0.15, -0.1) is 0 Å². The minimum atomic E-state index is -0.278. The summed E-state index contributed by atoms with van der Waals surface area (Å²) in [7, 11) is 1.93. The molecule has 2 atom stereocenters. The van der Waals surface area contributed by atoms with Gasteiger partial charge in [0, 0.05) is 20.2 Å². The van der Waals surface area contributed by atoms with Crippen LogP contribution in [0, 0.1) is 0 Å². The Bertz CT molecular complexity index is 1000. The van der Waals surface area contributed by atoms with Crippen LogP contribution in [0.2, 0.25) is 0 Å². The van der Waals surface area contributed by atoms with Crippen molar-refractivity contribution < 1.29 is 9.59 Å².